The number of alkyl halides is 3. The van der Waals surface area contributed by atoms with Gasteiger partial charge in [0.05, 0.1) is 6.54 Å². The second-order valence-electron chi connectivity index (χ2n) is 4.74. The number of nitrogens with zero attached hydrogens (tertiary/aromatic N) is 1. The van der Waals surface area contributed by atoms with Crippen molar-refractivity contribution in [3.05, 3.63) is 22.9 Å². The molecule has 0 aromatic heterocycles. The van der Waals surface area contributed by atoms with Gasteiger partial charge in [0.2, 0.25) is 5.78 Å². The predicted molar refractivity (Wildman–Crippen MR) is 87.4 cm³/mol. The second kappa shape index (κ2) is 10.4. The SMILES string of the molecule is C/C=C(/C#CCNC(=O)C(=O)CC)C=NC(=C(C)CC)C(F)(F)F. The van der Waals surface area contributed by atoms with E-state index in [0.717, 1.165) is 6.21 Å². The molecule has 0 unspecified atom stereocenters. The third-order valence-corrected chi connectivity index (χ3v) is 2.99. The zero-order valence-corrected chi connectivity index (χ0v) is 14.2. The first-order valence-corrected chi connectivity index (χ1v) is 7.44. The Morgan fingerprint density at radius 1 is 1.21 bits per heavy atom. The summed E-state index contributed by atoms with van der Waals surface area (Å²) in [5, 5.41) is 2.31. The fraction of sp³-hybridized carbons (Fsp3) is 0.471. The molecule has 0 aromatic carbocycles. The van der Waals surface area contributed by atoms with Crippen molar-refractivity contribution in [1.29, 1.82) is 0 Å². The van der Waals surface area contributed by atoms with E-state index in [1.54, 1.807) is 20.8 Å². The molecule has 1 amide bonds. The summed E-state index contributed by atoms with van der Waals surface area (Å²) < 4.78 is 38.7. The lowest BCUT2D eigenvalue weighted by Crippen LogP contribution is -2.30. The number of aliphatic imine (C=N–C) groups is 1. The van der Waals surface area contributed by atoms with E-state index < -0.39 is 23.6 Å². The lowest BCUT2D eigenvalue weighted by molar-refractivity contribution is -0.137. The van der Waals surface area contributed by atoms with Crippen LogP contribution >= 0.6 is 0 Å². The number of ketones is 1. The number of carbonyl (C=O) groups excluding carboxylic acids is 2. The fourth-order valence-electron chi connectivity index (χ4n) is 1.44. The van der Waals surface area contributed by atoms with Crippen LogP contribution in [0.3, 0.4) is 0 Å². The summed E-state index contributed by atoms with van der Waals surface area (Å²) in [7, 11) is 0. The Morgan fingerprint density at radius 3 is 2.29 bits per heavy atom. The van der Waals surface area contributed by atoms with Gasteiger partial charge in [-0.15, -0.1) is 0 Å². The monoisotopic (exact) mass is 342 g/mol. The Balaban J connectivity index is 5.00. The molecule has 4 nitrogen and oxygen atoms in total. The molecule has 0 aromatic rings. The van der Waals surface area contributed by atoms with Gasteiger partial charge < -0.3 is 5.32 Å². The van der Waals surface area contributed by atoms with Gasteiger partial charge in [-0.05, 0) is 25.8 Å². The number of amides is 1. The van der Waals surface area contributed by atoms with E-state index in [4.69, 9.17) is 0 Å². The van der Waals surface area contributed by atoms with Crippen molar-refractivity contribution in [2.45, 2.75) is 46.7 Å². The number of Topliss-reactive ketones (excluding diaryl/α,β-unsaturated/α-hetero) is 1. The first-order chi connectivity index (χ1) is 11.2. The standard InChI is InChI=1S/C17H21F3N2O2/c1-5-12(4)15(17(18,19)20)22-11-13(6-2)9-8-10-21-16(24)14(23)7-3/h6,11H,5,7,10H2,1-4H3,(H,21,24)/b13-6-,15-12?,22-11?. The van der Waals surface area contributed by atoms with E-state index in [2.05, 4.69) is 22.2 Å². The minimum absolute atomic E-state index is 0.0777. The minimum atomic E-state index is -4.53. The normalized spacial score (nSPS) is 13.2. The molecule has 7 heteroatoms. The van der Waals surface area contributed by atoms with Crippen molar-refractivity contribution in [3.8, 4) is 11.8 Å². The molecule has 0 heterocycles. The van der Waals surface area contributed by atoms with Crippen LogP contribution in [-0.4, -0.2) is 30.6 Å². The highest BCUT2D eigenvalue weighted by Gasteiger charge is 2.34. The molecule has 0 aliphatic carbocycles. The Labute approximate surface area is 139 Å². The quantitative estimate of drug-likeness (QED) is 0.457. The number of hydrogen-bond donors (Lipinski definition) is 1. The van der Waals surface area contributed by atoms with Crippen LogP contribution in [0, 0.1) is 11.8 Å². The fourth-order valence-corrected chi connectivity index (χ4v) is 1.44. The summed E-state index contributed by atoms with van der Waals surface area (Å²) in [5.74, 6) is 3.86. The lowest BCUT2D eigenvalue weighted by Gasteiger charge is -2.10. The van der Waals surface area contributed by atoms with Crippen molar-refractivity contribution in [2.24, 2.45) is 4.99 Å². The van der Waals surface area contributed by atoms with Crippen LogP contribution in [0.2, 0.25) is 0 Å². The van der Waals surface area contributed by atoms with Crippen LogP contribution < -0.4 is 5.32 Å². The van der Waals surface area contributed by atoms with Gasteiger partial charge in [0, 0.05) is 18.2 Å². The molecule has 0 saturated carbocycles. The zero-order chi connectivity index (χ0) is 18.8. The Hall–Kier alpha value is -2.36. The molecule has 0 spiro atoms. The molecule has 132 valence electrons. The van der Waals surface area contributed by atoms with Crippen LogP contribution in [-0.2, 0) is 9.59 Å². The van der Waals surface area contributed by atoms with Crippen molar-refractivity contribution in [3.63, 3.8) is 0 Å². The van der Waals surface area contributed by atoms with Gasteiger partial charge in [-0.25, -0.2) is 0 Å². The van der Waals surface area contributed by atoms with Crippen molar-refractivity contribution >= 4 is 17.9 Å². The van der Waals surface area contributed by atoms with E-state index in [-0.39, 0.29) is 30.5 Å². The summed E-state index contributed by atoms with van der Waals surface area (Å²) in [5.41, 5.74) is -0.530. The van der Waals surface area contributed by atoms with Crippen molar-refractivity contribution < 1.29 is 22.8 Å². The first kappa shape index (κ1) is 21.6. The van der Waals surface area contributed by atoms with E-state index in [1.165, 1.54) is 13.0 Å². The number of nitrogens with one attached hydrogen (secondary N) is 1. The smallest absolute Gasteiger partial charge is 0.339 e. The molecule has 0 aliphatic rings. The van der Waals surface area contributed by atoms with Gasteiger partial charge >= 0.3 is 6.18 Å². The lowest BCUT2D eigenvalue weighted by atomic mass is 10.2. The van der Waals surface area contributed by atoms with Gasteiger partial charge in [-0.2, -0.15) is 13.2 Å². The molecule has 0 fully saturated rings. The minimum Gasteiger partial charge on any atom is -0.339 e. The topological polar surface area (TPSA) is 58.5 Å². The highest BCUT2D eigenvalue weighted by atomic mass is 19.4. The average molecular weight is 342 g/mol. The first-order valence-electron chi connectivity index (χ1n) is 7.44. The maximum Gasteiger partial charge on any atom is 0.433 e. The molecule has 0 atom stereocenters. The highest BCUT2D eigenvalue weighted by Crippen LogP contribution is 2.30. The molecule has 24 heavy (non-hydrogen) atoms. The molecule has 0 rings (SSSR count). The Bertz CT molecular complexity index is 618. The van der Waals surface area contributed by atoms with Gasteiger partial charge in [-0.1, -0.05) is 31.8 Å². The van der Waals surface area contributed by atoms with Crippen LogP contribution in [0.4, 0.5) is 13.2 Å². The molecule has 0 bridgehead atoms. The largest absolute Gasteiger partial charge is 0.433 e. The maximum atomic E-state index is 12.9. The summed E-state index contributed by atoms with van der Waals surface area (Å²) in [4.78, 5) is 25.8. The highest BCUT2D eigenvalue weighted by molar-refractivity contribution is 6.36. The summed E-state index contributed by atoms with van der Waals surface area (Å²) >= 11 is 0. The van der Waals surface area contributed by atoms with E-state index >= 15 is 0 Å². The molecule has 0 aliphatic heterocycles. The van der Waals surface area contributed by atoms with Crippen LogP contribution in [0.5, 0.6) is 0 Å². The average Bonchev–Trinajstić information content (AvgIpc) is 2.54. The summed E-state index contributed by atoms with van der Waals surface area (Å²) in [6.07, 6.45) is -1.66. The number of hydrogen-bond acceptors (Lipinski definition) is 3. The van der Waals surface area contributed by atoms with Gasteiger partial charge in [0.25, 0.3) is 5.91 Å². The van der Waals surface area contributed by atoms with Crippen LogP contribution in [0.15, 0.2) is 27.9 Å². The van der Waals surface area contributed by atoms with E-state index in [1.807, 2.05) is 0 Å². The predicted octanol–water partition coefficient (Wildman–Crippen LogP) is 3.35. The third kappa shape index (κ3) is 7.77. The summed E-state index contributed by atoms with van der Waals surface area (Å²) in [6.45, 7) is 6.09. The van der Waals surface area contributed by atoms with E-state index in [0.29, 0.717) is 0 Å². The van der Waals surface area contributed by atoms with Crippen molar-refractivity contribution in [2.75, 3.05) is 6.54 Å². The molecule has 0 saturated heterocycles. The number of rotatable bonds is 6. The number of halogens is 3. The molecular formula is C17H21F3N2O2. The van der Waals surface area contributed by atoms with Gasteiger partial charge in [0.1, 0.15) is 5.70 Å². The molecular weight excluding hydrogens is 321 g/mol. The maximum absolute atomic E-state index is 12.9. The Morgan fingerprint density at radius 2 is 1.83 bits per heavy atom. The summed E-state index contributed by atoms with van der Waals surface area (Å²) in [6, 6.07) is 0. The van der Waals surface area contributed by atoms with Gasteiger partial charge in [-0.3, -0.25) is 14.6 Å². The van der Waals surface area contributed by atoms with Crippen LogP contribution in [0.1, 0.15) is 40.5 Å². The number of carbonyl (C=O) groups is 2. The van der Waals surface area contributed by atoms with Crippen LogP contribution in [0.25, 0.3) is 0 Å². The zero-order valence-electron chi connectivity index (χ0n) is 14.2. The molecule has 0 radical (unpaired) electrons. The van der Waals surface area contributed by atoms with Gasteiger partial charge in [0.15, 0.2) is 0 Å². The van der Waals surface area contributed by atoms with Crippen molar-refractivity contribution in [1.82, 2.24) is 5.32 Å². The Kier molecular flexibility index (Phi) is 9.40. The second-order valence-corrected chi connectivity index (χ2v) is 4.74. The number of allylic oxidation sites excluding steroid dienone is 4. The molecule has 1 N–H and O–H groups in total. The third-order valence-electron chi connectivity index (χ3n) is 2.99. The van der Waals surface area contributed by atoms with E-state index in [9.17, 15) is 22.8 Å².